The van der Waals surface area contributed by atoms with Crippen molar-refractivity contribution in [3.05, 3.63) is 77.5 Å². The van der Waals surface area contributed by atoms with Gasteiger partial charge in [-0.2, -0.15) is 0 Å². The van der Waals surface area contributed by atoms with Crippen molar-refractivity contribution in [2.24, 2.45) is 0 Å². The van der Waals surface area contributed by atoms with Crippen LogP contribution in [-0.4, -0.2) is 30.1 Å². The lowest BCUT2D eigenvalue weighted by Gasteiger charge is -2.08. The summed E-state index contributed by atoms with van der Waals surface area (Å²) in [6, 6.07) is 16.4. The van der Waals surface area contributed by atoms with Gasteiger partial charge in [0.1, 0.15) is 5.82 Å². The van der Waals surface area contributed by atoms with Gasteiger partial charge in [-0.05, 0) is 67.3 Å². The molecule has 0 aliphatic carbocycles. The molecule has 148 valence electrons. The van der Waals surface area contributed by atoms with Crippen LogP contribution in [0.5, 0.6) is 0 Å². The molecule has 2 heterocycles. The van der Waals surface area contributed by atoms with Gasteiger partial charge in [0.15, 0.2) is 5.03 Å². The third-order valence-electron chi connectivity index (χ3n) is 5.08. The SMILES string of the molecule is Cc1ccc(S(=O)(=O)c2ccc(NCCc3c[nH]c4ccccc34)nn2)cc1C. The van der Waals surface area contributed by atoms with Crippen LogP contribution >= 0.6 is 0 Å². The summed E-state index contributed by atoms with van der Waals surface area (Å²) in [4.78, 5) is 3.49. The number of para-hydroxylation sites is 1. The molecule has 7 heteroatoms. The number of benzene rings is 2. The number of nitrogens with one attached hydrogen (secondary N) is 2. The first-order valence-electron chi connectivity index (χ1n) is 9.40. The van der Waals surface area contributed by atoms with Gasteiger partial charge >= 0.3 is 0 Å². The maximum Gasteiger partial charge on any atom is 0.225 e. The molecular weight excluding hydrogens is 384 g/mol. The summed E-state index contributed by atoms with van der Waals surface area (Å²) in [6.45, 7) is 4.50. The van der Waals surface area contributed by atoms with Crippen molar-refractivity contribution in [1.82, 2.24) is 15.2 Å². The van der Waals surface area contributed by atoms with Gasteiger partial charge < -0.3 is 10.3 Å². The van der Waals surface area contributed by atoms with Gasteiger partial charge in [0.2, 0.25) is 9.84 Å². The molecule has 0 aliphatic rings. The van der Waals surface area contributed by atoms with Crippen molar-refractivity contribution >= 4 is 26.6 Å². The molecule has 4 rings (SSSR count). The van der Waals surface area contributed by atoms with E-state index in [1.807, 2.05) is 38.2 Å². The fourth-order valence-electron chi connectivity index (χ4n) is 3.22. The van der Waals surface area contributed by atoms with Crippen molar-refractivity contribution in [2.45, 2.75) is 30.2 Å². The molecule has 0 fully saturated rings. The maximum atomic E-state index is 12.8. The molecule has 0 amide bonds. The Balaban J connectivity index is 1.44. The zero-order valence-corrected chi connectivity index (χ0v) is 17.1. The van der Waals surface area contributed by atoms with Crippen molar-refractivity contribution in [1.29, 1.82) is 0 Å². The van der Waals surface area contributed by atoms with Crippen LogP contribution in [0.1, 0.15) is 16.7 Å². The molecule has 2 aromatic heterocycles. The van der Waals surface area contributed by atoms with Crippen molar-refractivity contribution in [2.75, 3.05) is 11.9 Å². The minimum absolute atomic E-state index is 0.0528. The minimum atomic E-state index is -3.68. The first-order valence-corrected chi connectivity index (χ1v) is 10.9. The van der Waals surface area contributed by atoms with E-state index in [2.05, 4.69) is 26.6 Å². The Morgan fingerprint density at radius 3 is 2.55 bits per heavy atom. The fraction of sp³-hybridized carbons (Fsp3) is 0.182. The molecule has 0 aliphatic heterocycles. The molecule has 0 spiro atoms. The number of H-pyrrole nitrogens is 1. The molecule has 2 N–H and O–H groups in total. The molecule has 4 aromatic rings. The van der Waals surface area contributed by atoms with Crippen molar-refractivity contribution in [3.8, 4) is 0 Å². The zero-order valence-electron chi connectivity index (χ0n) is 16.3. The van der Waals surface area contributed by atoms with Crippen LogP contribution in [0.15, 0.2) is 70.7 Å². The second-order valence-corrected chi connectivity index (χ2v) is 8.94. The van der Waals surface area contributed by atoms with E-state index in [-0.39, 0.29) is 9.92 Å². The number of rotatable bonds is 6. The number of nitrogens with zero attached hydrogens (tertiary/aromatic N) is 2. The summed E-state index contributed by atoms with van der Waals surface area (Å²) in [6.07, 6.45) is 2.83. The Labute approximate surface area is 169 Å². The Bertz CT molecular complexity index is 1260. The van der Waals surface area contributed by atoms with E-state index in [1.54, 1.807) is 24.3 Å². The smallest absolute Gasteiger partial charge is 0.225 e. The van der Waals surface area contributed by atoms with Crippen LogP contribution in [0.4, 0.5) is 5.82 Å². The average Bonchev–Trinajstić information content (AvgIpc) is 3.13. The molecule has 0 bridgehead atoms. The first-order chi connectivity index (χ1) is 13.9. The van der Waals surface area contributed by atoms with Gasteiger partial charge in [-0.1, -0.05) is 24.3 Å². The predicted octanol–water partition coefficient (Wildman–Crippen LogP) is 4.06. The number of aryl methyl sites for hydroxylation is 2. The molecule has 0 radical (unpaired) electrons. The van der Waals surface area contributed by atoms with Crippen LogP contribution in [0.3, 0.4) is 0 Å². The number of hydrogen-bond donors (Lipinski definition) is 2. The van der Waals surface area contributed by atoms with Gasteiger partial charge in [0.25, 0.3) is 0 Å². The van der Waals surface area contributed by atoms with Gasteiger partial charge in [0.05, 0.1) is 4.90 Å². The Morgan fingerprint density at radius 2 is 1.79 bits per heavy atom. The lowest BCUT2D eigenvalue weighted by Crippen LogP contribution is -2.10. The summed E-state index contributed by atoms with van der Waals surface area (Å²) in [7, 11) is -3.68. The van der Waals surface area contributed by atoms with E-state index in [0.717, 1.165) is 23.1 Å². The van der Waals surface area contributed by atoms with Gasteiger partial charge in [-0.25, -0.2) is 8.42 Å². The molecule has 29 heavy (non-hydrogen) atoms. The highest BCUT2D eigenvalue weighted by molar-refractivity contribution is 7.91. The second kappa shape index (κ2) is 7.67. The molecule has 0 atom stereocenters. The van der Waals surface area contributed by atoms with Crippen LogP contribution in [0.2, 0.25) is 0 Å². The second-order valence-electron chi connectivity index (χ2n) is 7.04. The van der Waals surface area contributed by atoms with E-state index in [0.29, 0.717) is 12.4 Å². The summed E-state index contributed by atoms with van der Waals surface area (Å²) < 4.78 is 25.6. The average molecular weight is 407 g/mol. The Hall–Kier alpha value is -3.19. The standard InChI is InChI=1S/C22H22N4O2S/c1-15-7-8-18(13-16(15)2)29(27,28)22-10-9-21(25-26-22)23-12-11-17-14-24-20-6-4-3-5-19(17)20/h3-10,13-14,24H,11-12H2,1-2H3,(H,23,25). The monoisotopic (exact) mass is 406 g/mol. The van der Waals surface area contributed by atoms with Crippen LogP contribution in [0, 0.1) is 13.8 Å². The molecular formula is C22H22N4O2S. The lowest BCUT2D eigenvalue weighted by atomic mass is 10.1. The summed E-state index contributed by atoms with van der Waals surface area (Å²) in [5, 5.41) is 12.3. The highest BCUT2D eigenvalue weighted by atomic mass is 32.2. The van der Waals surface area contributed by atoms with Gasteiger partial charge in [0, 0.05) is 23.6 Å². The lowest BCUT2D eigenvalue weighted by molar-refractivity contribution is 0.590. The number of hydrogen-bond acceptors (Lipinski definition) is 5. The number of fused-ring (bicyclic) bond motifs is 1. The first kappa shape index (κ1) is 19.1. The number of anilines is 1. The molecule has 0 saturated carbocycles. The third kappa shape index (κ3) is 3.86. The van der Waals surface area contributed by atoms with Crippen molar-refractivity contribution < 1.29 is 8.42 Å². The number of aromatic nitrogens is 3. The normalized spacial score (nSPS) is 11.7. The predicted molar refractivity (Wildman–Crippen MR) is 114 cm³/mol. The van der Waals surface area contributed by atoms with Crippen LogP contribution in [0.25, 0.3) is 10.9 Å². The van der Waals surface area contributed by atoms with Crippen LogP contribution in [-0.2, 0) is 16.3 Å². The molecule has 0 unspecified atom stereocenters. The quantitative estimate of drug-likeness (QED) is 0.504. The van der Waals surface area contributed by atoms with Gasteiger partial charge in [-0.15, -0.1) is 10.2 Å². The molecule has 6 nitrogen and oxygen atoms in total. The van der Waals surface area contributed by atoms with E-state index >= 15 is 0 Å². The highest BCUT2D eigenvalue weighted by Crippen LogP contribution is 2.22. The van der Waals surface area contributed by atoms with Gasteiger partial charge in [-0.3, -0.25) is 0 Å². The Kier molecular flexibility index (Phi) is 5.07. The van der Waals surface area contributed by atoms with E-state index in [1.165, 1.54) is 17.0 Å². The number of sulfone groups is 1. The van der Waals surface area contributed by atoms with E-state index in [9.17, 15) is 8.42 Å². The summed E-state index contributed by atoms with van der Waals surface area (Å²) in [5.74, 6) is 0.545. The third-order valence-corrected chi connectivity index (χ3v) is 6.72. The van der Waals surface area contributed by atoms with Crippen LogP contribution < -0.4 is 5.32 Å². The minimum Gasteiger partial charge on any atom is -0.368 e. The fourth-order valence-corrected chi connectivity index (χ4v) is 4.44. The van der Waals surface area contributed by atoms with E-state index in [4.69, 9.17) is 0 Å². The number of aromatic amines is 1. The highest BCUT2D eigenvalue weighted by Gasteiger charge is 2.20. The Morgan fingerprint density at radius 1 is 0.966 bits per heavy atom. The largest absolute Gasteiger partial charge is 0.368 e. The van der Waals surface area contributed by atoms with E-state index < -0.39 is 9.84 Å². The summed E-state index contributed by atoms with van der Waals surface area (Å²) in [5.41, 5.74) is 4.30. The topological polar surface area (TPSA) is 87.7 Å². The van der Waals surface area contributed by atoms with Crippen molar-refractivity contribution in [3.63, 3.8) is 0 Å². The molecule has 2 aromatic carbocycles. The maximum absolute atomic E-state index is 12.8. The zero-order chi connectivity index (χ0) is 20.4. The summed E-state index contributed by atoms with van der Waals surface area (Å²) >= 11 is 0. The molecule has 0 saturated heterocycles.